The normalized spacial score (nSPS) is 22.0. The Labute approximate surface area is 135 Å². The number of halogens is 1. The van der Waals surface area contributed by atoms with Crippen LogP contribution in [0.1, 0.15) is 25.7 Å². The van der Waals surface area contributed by atoms with E-state index in [4.69, 9.17) is 16.4 Å². The van der Waals surface area contributed by atoms with Gasteiger partial charge in [0.2, 0.25) is 0 Å². The van der Waals surface area contributed by atoms with Crippen molar-refractivity contribution in [2.75, 3.05) is 7.05 Å². The highest BCUT2D eigenvalue weighted by Crippen LogP contribution is 2.30. The predicted molar refractivity (Wildman–Crippen MR) is 88.3 cm³/mol. The van der Waals surface area contributed by atoms with Crippen molar-refractivity contribution >= 4 is 30.4 Å². The lowest BCUT2D eigenvalue weighted by Gasteiger charge is -2.30. The van der Waals surface area contributed by atoms with Crippen molar-refractivity contribution in [3.8, 4) is 5.75 Å². The Hall–Kier alpha value is -1.88. The van der Waals surface area contributed by atoms with E-state index in [0.29, 0.717) is 10.8 Å². The summed E-state index contributed by atoms with van der Waals surface area (Å²) in [6.07, 6.45) is 4.57. The SMILES string of the molecule is C=N/N=C(/C1CCC(C=O)CC1)N(C)Oc1cccc(Cl)c1. The molecule has 1 fully saturated rings. The summed E-state index contributed by atoms with van der Waals surface area (Å²) < 4.78 is 0. The first-order chi connectivity index (χ1) is 10.6. The number of hydrogen-bond donors (Lipinski definition) is 0. The molecule has 0 radical (unpaired) electrons. The Morgan fingerprint density at radius 2 is 2.14 bits per heavy atom. The van der Waals surface area contributed by atoms with Crippen LogP contribution in [0.25, 0.3) is 0 Å². The van der Waals surface area contributed by atoms with Crippen molar-refractivity contribution in [2.24, 2.45) is 22.0 Å². The largest absolute Gasteiger partial charge is 0.379 e. The summed E-state index contributed by atoms with van der Waals surface area (Å²) in [4.78, 5) is 16.6. The van der Waals surface area contributed by atoms with Crippen LogP contribution in [-0.2, 0) is 4.79 Å². The summed E-state index contributed by atoms with van der Waals surface area (Å²) in [5.41, 5.74) is 0. The predicted octanol–water partition coefficient (Wildman–Crippen LogP) is 3.59. The molecule has 2 rings (SSSR count). The summed E-state index contributed by atoms with van der Waals surface area (Å²) in [5, 5.41) is 9.99. The van der Waals surface area contributed by atoms with Crippen LogP contribution in [0.4, 0.5) is 0 Å². The zero-order chi connectivity index (χ0) is 15.9. The maximum Gasteiger partial charge on any atom is 0.165 e. The molecule has 0 unspecified atom stereocenters. The molecule has 0 saturated heterocycles. The van der Waals surface area contributed by atoms with Gasteiger partial charge in [0.25, 0.3) is 0 Å². The Kier molecular flexibility index (Phi) is 5.95. The fourth-order valence-electron chi connectivity index (χ4n) is 2.72. The molecule has 5 nitrogen and oxygen atoms in total. The summed E-state index contributed by atoms with van der Waals surface area (Å²) in [5.74, 6) is 1.73. The van der Waals surface area contributed by atoms with Crippen molar-refractivity contribution in [1.29, 1.82) is 0 Å². The number of hydrogen-bond acceptors (Lipinski definition) is 4. The van der Waals surface area contributed by atoms with E-state index >= 15 is 0 Å². The van der Waals surface area contributed by atoms with Crippen LogP contribution >= 0.6 is 11.6 Å². The molecule has 1 aromatic carbocycles. The zero-order valence-corrected chi connectivity index (χ0v) is 13.4. The van der Waals surface area contributed by atoms with Crippen molar-refractivity contribution in [1.82, 2.24) is 5.06 Å². The quantitative estimate of drug-likeness (QED) is 0.360. The second kappa shape index (κ2) is 7.94. The molecule has 1 aromatic rings. The first-order valence-electron chi connectivity index (χ1n) is 7.30. The molecule has 118 valence electrons. The van der Waals surface area contributed by atoms with E-state index in [1.807, 2.05) is 12.1 Å². The molecular weight excluding hydrogens is 302 g/mol. The van der Waals surface area contributed by atoms with Crippen molar-refractivity contribution in [3.05, 3.63) is 29.3 Å². The first kappa shape index (κ1) is 16.5. The van der Waals surface area contributed by atoms with E-state index in [9.17, 15) is 4.79 Å². The number of carbonyl (C=O) groups is 1. The van der Waals surface area contributed by atoms with Gasteiger partial charge in [0.15, 0.2) is 11.6 Å². The van der Waals surface area contributed by atoms with E-state index in [1.54, 1.807) is 24.2 Å². The average molecular weight is 322 g/mol. The molecule has 22 heavy (non-hydrogen) atoms. The van der Waals surface area contributed by atoms with Gasteiger partial charge in [-0.25, -0.2) is 0 Å². The fourth-order valence-corrected chi connectivity index (χ4v) is 2.90. The van der Waals surface area contributed by atoms with Crippen LogP contribution in [0.5, 0.6) is 5.75 Å². The molecule has 0 aromatic heterocycles. The second-order valence-corrected chi connectivity index (χ2v) is 5.83. The highest BCUT2D eigenvalue weighted by molar-refractivity contribution is 6.30. The minimum Gasteiger partial charge on any atom is -0.379 e. The lowest BCUT2D eigenvalue weighted by molar-refractivity contribution is -0.112. The van der Waals surface area contributed by atoms with E-state index < -0.39 is 0 Å². The Bertz CT molecular complexity index is 554. The monoisotopic (exact) mass is 321 g/mol. The van der Waals surface area contributed by atoms with Gasteiger partial charge >= 0.3 is 0 Å². The van der Waals surface area contributed by atoms with Crippen LogP contribution < -0.4 is 4.84 Å². The minimum absolute atomic E-state index is 0.161. The van der Waals surface area contributed by atoms with Gasteiger partial charge in [0.05, 0.1) is 0 Å². The number of hydroxylamine groups is 2. The number of amidine groups is 1. The molecule has 0 N–H and O–H groups in total. The summed E-state index contributed by atoms with van der Waals surface area (Å²) in [6.45, 7) is 3.43. The summed E-state index contributed by atoms with van der Waals surface area (Å²) in [6, 6.07) is 7.17. The van der Waals surface area contributed by atoms with Crippen LogP contribution in [0.3, 0.4) is 0 Å². The van der Waals surface area contributed by atoms with E-state index in [0.717, 1.165) is 37.8 Å². The van der Waals surface area contributed by atoms with Crippen LogP contribution in [0.2, 0.25) is 5.02 Å². The van der Waals surface area contributed by atoms with Crippen LogP contribution in [0, 0.1) is 11.8 Å². The lowest BCUT2D eigenvalue weighted by Crippen LogP contribution is -2.37. The summed E-state index contributed by atoms with van der Waals surface area (Å²) >= 11 is 5.96. The van der Waals surface area contributed by atoms with Gasteiger partial charge in [-0.1, -0.05) is 17.7 Å². The van der Waals surface area contributed by atoms with E-state index in [2.05, 4.69) is 16.9 Å². The highest BCUT2D eigenvalue weighted by atomic mass is 35.5. The molecule has 1 saturated carbocycles. The molecule has 6 heteroatoms. The number of carbonyl (C=O) groups excluding carboxylic acids is 1. The summed E-state index contributed by atoms with van der Waals surface area (Å²) in [7, 11) is 1.79. The molecule has 1 aliphatic rings. The van der Waals surface area contributed by atoms with E-state index in [-0.39, 0.29) is 11.8 Å². The topological polar surface area (TPSA) is 54.3 Å². The van der Waals surface area contributed by atoms with Gasteiger partial charge in [-0.15, -0.1) is 5.10 Å². The standard InChI is InChI=1S/C16H20ClN3O2/c1-18-19-16(13-8-6-12(11-21)7-9-13)20(2)22-15-5-3-4-14(17)10-15/h3-5,10-13H,1,6-9H2,2H3/b19-16-. The lowest BCUT2D eigenvalue weighted by atomic mass is 9.82. The average Bonchev–Trinajstić information content (AvgIpc) is 2.52. The van der Waals surface area contributed by atoms with Gasteiger partial charge in [-0.2, -0.15) is 10.2 Å². The third kappa shape index (κ3) is 4.31. The van der Waals surface area contributed by atoms with E-state index in [1.165, 1.54) is 0 Å². The maximum atomic E-state index is 10.9. The molecule has 0 bridgehead atoms. The molecule has 0 heterocycles. The van der Waals surface area contributed by atoms with Gasteiger partial charge < -0.3 is 9.63 Å². The Balaban J connectivity index is 2.06. The Morgan fingerprint density at radius 1 is 1.41 bits per heavy atom. The molecule has 1 aliphatic carbocycles. The molecule has 0 spiro atoms. The minimum atomic E-state index is 0.161. The van der Waals surface area contributed by atoms with Gasteiger partial charge in [0.1, 0.15) is 6.29 Å². The van der Waals surface area contributed by atoms with Crippen LogP contribution in [-0.4, -0.2) is 31.0 Å². The number of benzene rings is 1. The van der Waals surface area contributed by atoms with Crippen molar-refractivity contribution in [3.63, 3.8) is 0 Å². The van der Waals surface area contributed by atoms with Gasteiger partial charge in [0, 0.05) is 36.7 Å². The fraction of sp³-hybridized carbons (Fsp3) is 0.438. The van der Waals surface area contributed by atoms with Crippen molar-refractivity contribution in [2.45, 2.75) is 25.7 Å². The van der Waals surface area contributed by atoms with Gasteiger partial charge in [-0.05, 0) is 37.8 Å². The molecule has 0 aliphatic heterocycles. The molecule has 0 amide bonds. The van der Waals surface area contributed by atoms with Crippen molar-refractivity contribution < 1.29 is 9.63 Å². The van der Waals surface area contributed by atoms with Crippen LogP contribution in [0.15, 0.2) is 34.5 Å². The molecular formula is C16H20ClN3O2. The number of nitrogens with zero attached hydrogens (tertiary/aromatic N) is 3. The Morgan fingerprint density at radius 3 is 2.73 bits per heavy atom. The first-order valence-corrected chi connectivity index (χ1v) is 7.68. The zero-order valence-electron chi connectivity index (χ0n) is 12.6. The number of aldehydes is 1. The third-order valence-electron chi connectivity index (χ3n) is 3.86. The van der Waals surface area contributed by atoms with Gasteiger partial charge in [-0.3, -0.25) is 0 Å². The third-order valence-corrected chi connectivity index (χ3v) is 4.10. The maximum absolute atomic E-state index is 10.9. The molecule has 0 atom stereocenters. The highest BCUT2D eigenvalue weighted by Gasteiger charge is 2.27. The second-order valence-electron chi connectivity index (χ2n) is 5.39. The smallest absolute Gasteiger partial charge is 0.165 e. The number of rotatable bonds is 5.